The van der Waals surface area contributed by atoms with Crippen LogP contribution in [-0.2, 0) is 0 Å². The van der Waals surface area contributed by atoms with Crippen LogP contribution in [-0.4, -0.2) is 19.9 Å². The summed E-state index contributed by atoms with van der Waals surface area (Å²) in [5.74, 6) is 1.93. The van der Waals surface area contributed by atoms with Gasteiger partial charge in [-0.05, 0) is 34.7 Å². The zero-order chi connectivity index (χ0) is 17.1. The summed E-state index contributed by atoms with van der Waals surface area (Å²) >= 11 is 2.18. The van der Waals surface area contributed by atoms with Crippen molar-refractivity contribution in [3.63, 3.8) is 0 Å². The monoisotopic (exact) mass is 436 g/mol. The van der Waals surface area contributed by atoms with Crippen LogP contribution in [0.25, 0.3) is 34.2 Å². The third kappa shape index (κ3) is 3.56. The summed E-state index contributed by atoms with van der Waals surface area (Å²) in [6, 6.07) is 23.8. The molecule has 0 saturated carbocycles. The molecule has 0 N–H and O–H groups in total. The Hall–Kier alpha value is -2.67. The van der Waals surface area contributed by atoms with Crippen molar-refractivity contribution in [3.05, 3.63) is 82.7 Å². The van der Waals surface area contributed by atoms with Crippen LogP contribution >= 0.6 is 22.6 Å². The van der Waals surface area contributed by atoms with Crippen molar-refractivity contribution in [2.75, 3.05) is 0 Å². The minimum absolute atomic E-state index is 0.622. The fraction of sp³-hybridized carbons (Fsp3) is 0. The van der Waals surface area contributed by atoms with E-state index in [1.54, 1.807) is 6.20 Å². The first kappa shape index (κ1) is 15.8. The molecule has 0 aliphatic rings. The lowest BCUT2D eigenvalue weighted by Gasteiger charge is -2.08. The van der Waals surface area contributed by atoms with E-state index in [9.17, 15) is 0 Å². The quantitative estimate of drug-likeness (QED) is 0.340. The number of rotatable bonds is 3. The van der Waals surface area contributed by atoms with Crippen molar-refractivity contribution in [2.24, 2.45) is 0 Å². The van der Waals surface area contributed by atoms with Gasteiger partial charge in [0.25, 0.3) is 0 Å². The molecule has 5 heteroatoms. The number of hydrogen-bond donors (Lipinski definition) is 0. The van der Waals surface area contributed by atoms with E-state index in [2.05, 4.69) is 42.5 Å². The molecule has 0 aliphatic heterocycles. The van der Waals surface area contributed by atoms with Crippen molar-refractivity contribution >= 4 is 22.6 Å². The Morgan fingerprint density at radius 3 is 1.44 bits per heavy atom. The first-order valence-corrected chi connectivity index (χ1v) is 8.86. The fourth-order valence-electron chi connectivity index (χ4n) is 2.45. The molecule has 120 valence electrons. The molecule has 0 atom stereocenters. The smallest absolute Gasteiger partial charge is 0.165 e. The van der Waals surface area contributed by atoms with Crippen LogP contribution in [0, 0.1) is 3.70 Å². The summed E-state index contributed by atoms with van der Waals surface area (Å²) in [5.41, 5.74) is 2.79. The third-order valence-corrected chi connectivity index (χ3v) is 4.32. The summed E-state index contributed by atoms with van der Waals surface area (Å²) in [7, 11) is 0. The summed E-state index contributed by atoms with van der Waals surface area (Å²) < 4.78 is 0.932. The normalized spacial score (nSPS) is 10.6. The van der Waals surface area contributed by atoms with Crippen LogP contribution in [0.2, 0.25) is 0 Å². The molecule has 0 spiro atoms. The fourth-order valence-corrected chi connectivity index (χ4v) is 2.76. The van der Waals surface area contributed by atoms with Crippen molar-refractivity contribution in [1.29, 1.82) is 0 Å². The van der Waals surface area contributed by atoms with Gasteiger partial charge in [0.15, 0.2) is 17.5 Å². The average Bonchev–Trinajstić information content (AvgIpc) is 2.69. The van der Waals surface area contributed by atoms with E-state index in [-0.39, 0.29) is 0 Å². The summed E-state index contributed by atoms with van der Waals surface area (Å²) in [6.45, 7) is 0. The highest BCUT2D eigenvalue weighted by Crippen LogP contribution is 2.24. The lowest BCUT2D eigenvalue weighted by Crippen LogP contribution is -2.00. The maximum Gasteiger partial charge on any atom is 0.165 e. The molecule has 25 heavy (non-hydrogen) atoms. The highest BCUT2D eigenvalue weighted by Gasteiger charge is 2.11. The molecule has 0 fully saturated rings. The predicted molar refractivity (Wildman–Crippen MR) is 107 cm³/mol. The maximum absolute atomic E-state index is 4.67. The Labute approximate surface area is 159 Å². The largest absolute Gasteiger partial charge is 0.250 e. The highest BCUT2D eigenvalue weighted by molar-refractivity contribution is 14.1. The van der Waals surface area contributed by atoms with Gasteiger partial charge in [0, 0.05) is 22.9 Å². The van der Waals surface area contributed by atoms with Crippen LogP contribution in [0.4, 0.5) is 0 Å². The van der Waals surface area contributed by atoms with E-state index >= 15 is 0 Å². The van der Waals surface area contributed by atoms with E-state index in [1.165, 1.54) is 0 Å². The Morgan fingerprint density at radius 1 is 0.520 bits per heavy atom. The van der Waals surface area contributed by atoms with Crippen LogP contribution < -0.4 is 0 Å². The highest BCUT2D eigenvalue weighted by atomic mass is 127. The topological polar surface area (TPSA) is 51.6 Å². The predicted octanol–water partition coefficient (Wildman–Crippen LogP) is 4.87. The van der Waals surface area contributed by atoms with E-state index in [0.717, 1.165) is 20.4 Å². The minimum atomic E-state index is 0.622. The third-order valence-electron chi connectivity index (χ3n) is 3.68. The standard InChI is InChI=1S/C20H13IN4/c21-17-12-11-16(13-22-17)20-24-18(14-7-3-1-4-8-14)23-19(25-20)15-9-5-2-6-10-15/h1-13H. The summed E-state index contributed by atoms with van der Waals surface area (Å²) in [4.78, 5) is 18.3. The molecule has 2 heterocycles. The maximum atomic E-state index is 4.67. The molecule has 0 radical (unpaired) electrons. The Morgan fingerprint density at radius 2 is 1.00 bits per heavy atom. The van der Waals surface area contributed by atoms with Crippen molar-refractivity contribution in [1.82, 2.24) is 19.9 Å². The second kappa shape index (κ2) is 7.06. The SMILES string of the molecule is Ic1ccc(-c2nc(-c3ccccc3)nc(-c3ccccc3)n2)cn1. The van der Waals surface area contributed by atoms with Crippen LogP contribution in [0.3, 0.4) is 0 Å². The first-order valence-electron chi connectivity index (χ1n) is 7.78. The number of aromatic nitrogens is 4. The van der Waals surface area contributed by atoms with Crippen molar-refractivity contribution in [2.45, 2.75) is 0 Å². The Balaban J connectivity index is 1.90. The molecule has 0 bridgehead atoms. The van der Waals surface area contributed by atoms with E-state index < -0.39 is 0 Å². The molecule has 0 unspecified atom stereocenters. The van der Waals surface area contributed by atoms with Crippen molar-refractivity contribution in [3.8, 4) is 34.2 Å². The van der Waals surface area contributed by atoms with Crippen LogP contribution in [0.15, 0.2) is 79.0 Å². The van der Waals surface area contributed by atoms with Crippen LogP contribution in [0.5, 0.6) is 0 Å². The molecule has 0 saturated heterocycles. The number of benzene rings is 2. The van der Waals surface area contributed by atoms with Gasteiger partial charge in [0.05, 0.1) is 0 Å². The molecular formula is C20H13IN4. The number of hydrogen-bond acceptors (Lipinski definition) is 4. The van der Waals surface area contributed by atoms with Gasteiger partial charge >= 0.3 is 0 Å². The van der Waals surface area contributed by atoms with Gasteiger partial charge in [-0.15, -0.1) is 0 Å². The van der Waals surface area contributed by atoms with Gasteiger partial charge in [0.2, 0.25) is 0 Å². The van der Waals surface area contributed by atoms with Crippen molar-refractivity contribution < 1.29 is 0 Å². The second-order valence-electron chi connectivity index (χ2n) is 5.41. The second-order valence-corrected chi connectivity index (χ2v) is 6.51. The van der Waals surface area contributed by atoms with Gasteiger partial charge < -0.3 is 0 Å². The Bertz CT molecular complexity index is 929. The lowest BCUT2D eigenvalue weighted by atomic mass is 10.2. The van der Waals surface area contributed by atoms with E-state index in [1.807, 2.05) is 72.8 Å². The summed E-state index contributed by atoms with van der Waals surface area (Å²) in [6.07, 6.45) is 1.79. The number of pyridine rings is 1. The number of nitrogens with zero attached hydrogens (tertiary/aromatic N) is 4. The molecule has 2 aromatic heterocycles. The molecule has 4 aromatic rings. The van der Waals surface area contributed by atoms with Gasteiger partial charge in [-0.1, -0.05) is 60.7 Å². The lowest BCUT2D eigenvalue weighted by molar-refractivity contribution is 1.07. The zero-order valence-corrected chi connectivity index (χ0v) is 15.3. The zero-order valence-electron chi connectivity index (χ0n) is 13.2. The molecule has 2 aromatic carbocycles. The molecule has 0 aliphatic carbocycles. The number of halogens is 1. The van der Waals surface area contributed by atoms with Gasteiger partial charge in [0.1, 0.15) is 3.70 Å². The molecule has 0 amide bonds. The average molecular weight is 436 g/mol. The van der Waals surface area contributed by atoms with Gasteiger partial charge in [-0.2, -0.15) is 0 Å². The summed E-state index contributed by atoms with van der Waals surface area (Å²) in [5, 5.41) is 0. The molecule has 4 nitrogen and oxygen atoms in total. The Kier molecular flexibility index (Phi) is 4.47. The van der Waals surface area contributed by atoms with Gasteiger partial charge in [-0.3, -0.25) is 0 Å². The van der Waals surface area contributed by atoms with E-state index in [4.69, 9.17) is 0 Å². The van der Waals surface area contributed by atoms with Crippen LogP contribution in [0.1, 0.15) is 0 Å². The first-order chi connectivity index (χ1) is 12.3. The van der Waals surface area contributed by atoms with E-state index in [0.29, 0.717) is 17.5 Å². The molecular weight excluding hydrogens is 423 g/mol. The minimum Gasteiger partial charge on any atom is -0.250 e. The van der Waals surface area contributed by atoms with Gasteiger partial charge in [-0.25, -0.2) is 19.9 Å². The molecule has 4 rings (SSSR count).